The van der Waals surface area contributed by atoms with Crippen LogP contribution in [0.3, 0.4) is 0 Å². The molecule has 0 atom stereocenters. The number of rotatable bonds is 5. The Morgan fingerprint density at radius 3 is 2.55 bits per heavy atom. The molecule has 1 fully saturated rings. The van der Waals surface area contributed by atoms with E-state index < -0.39 is 0 Å². The fourth-order valence-electron chi connectivity index (χ4n) is 4.15. The zero-order chi connectivity index (χ0) is 22.8. The Morgan fingerprint density at radius 1 is 1.03 bits per heavy atom. The molecule has 168 valence electrons. The van der Waals surface area contributed by atoms with Gasteiger partial charge in [-0.3, -0.25) is 4.79 Å². The SMILES string of the molecule is CN1CCN(c2ccccc2CNC(=O)c2cnn3c(O)cc(-c4ccccc4)nc23)CC1. The Labute approximate surface area is 192 Å². The predicted octanol–water partition coefficient (Wildman–Crippen LogP) is 2.78. The van der Waals surface area contributed by atoms with Crippen molar-refractivity contribution in [2.75, 3.05) is 38.1 Å². The van der Waals surface area contributed by atoms with Gasteiger partial charge in [0.15, 0.2) is 5.65 Å². The van der Waals surface area contributed by atoms with Crippen molar-refractivity contribution in [3.05, 3.63) is 78.0 Å². The highest BCUT2D eigenvalue weighted by atomic mass is 16.3. The lowest BCUT2D eigenvalue weighted by molar-refractivity contribution is 0.0952. The van der Waals surface area contributed by atoms with Crippen LogP contribution in [0.4, 0.5) is 5.69 Å². The quantitative estimate of drug-likeness (QED) is 0.494. The van der Waals surface area contributed by atoms with Crippen LogP contribution in [0.15, 0.2) is 66.9 Å². The summed E-state index contributed by atoms with van der Waals surface area (Å²) in [4.78, 5) is 22.4. The van der Waals surface area contributed by atoms with Crippen molar-refractivity contribution in [3.63, 3.8) is 0 Å². The number of aromatic nitrogens is 3. The second-order valence-electron chi connectivity index (χ2n) is 8.26. The average Bonchev–Trinajstić information content (AvgIpc) is 3.29. The second-order valence-corrected chi connectivity index (χ2v) is 8.26. The molecule has 1 aliphatic rings. The summed E-state index contributed by atoms with van der Waals surface area (Å²) in [6, 6.07) is 19.2. The molecule has 3 heterocycles. The van der Waals surface area contributed by atoms with Crippen LogP contribution in [-0.4, -0.2) is 63.7 Å². The molecule has 0 unspecified atom stereocenters. The number of nitrogens with zero attached hydrogens (tertiary/aromatic N) is 5. The summed E-state index contributed by atoms with van der Waals surface area (Å²) in [6.45, 7) is 4.34. The predicted molar refractivity (Wildman–Crippen MR) is 127 cm³/mol. The van der Waals surface area contributed by atoms with Crippen LogP contribution in [-0.2, 0) is 6.54 Å². The largest absolute Gasteiger partial charge is 0.493 e. The van der Waals surface area contributed by atoms with E-state index in [4.69, 9.17) is 0 Å². The van der Waals surface area contributed by atoms with Crippen LogP contribution in [0.5, 0.6) is 5.88 Å². The Bertz CT molecular complexity index is 1280. The van der Waals surface area contributed by atoms with Crippen molar-refractivity contribution >= 4 is 17.2 Å². The third-order valence-corrected chi connectivity index (χ3v) is 6.04. The molecule has 0 radical (unpaired) electrons. The number of likely N-dealkylation sites (N-methyl/N-ethyl adjacent to an activating group) is 1. The third kappa shape index (κ3) is 4.25. The van der Waals surface area contributed by atoms with Crippen LogP contribution in [0, 0.1) is 0 Å². The highest BCUT2D eigenvalue weighted by Gasteiger charge is 2.20. The van der Waals surface area contributed by atoms with Gasteiger partial charge in [-0.25, -0.2) is 4.98 Å². The summed E-state index contributed by atoms with van der Waals surface area (Å²) >= 11 is 0. The smallest absolute Gasteiger partial charge is 0.257 e. The highest BCUT2D eigenvalue weighted by Crippen LogP contribution is 2.25. The number of aromatic hydroxyl groups is 1. The number of amides is 1. The van der Waals surface area contributed by atoms with Gasteiger partial charge in [-0.1, -0.05) is 48.5 Å². The fourth-order valence-corrected chi connectivity index (χ4v) is 4.15. The van der Waals surface area contributed by atoms with Crippen molar-refractivity contribution in [1.29, 1.82) is 0 Å². The molecule has 0 bridgehead atoms. The number of carbonyl (C=O) groups excluding carboxylic acids is 1. The Balaban J connectivity index is 1.38. The molecule has 1 saturated heterocycles. The van der Waals surface area contributed by atoms with E-state index in [1.165, 1.54) is 10.7 Å². The maximum atomic E-state index is 13.1. The minimum Gasteiger partial charge on any atom is -0.493 e. The summed E-state index contributed by atoms with van der Waals surface area (Å²) in [5, 5.41) is 17.6. The minimum absolute atomic E-state index is 0.0710. The van der Waals surface area contributed by atoms with Gasteiger partial charge in [0, 0.05) is 50.0 Å². The summed E-state index contributed by atoms with van der Waals surface area (Å²) in [6.07, 6.45) is 1.44. The molecule has 8 nitrogen and oxygen atoms in total. The van der Waals surface area contributed by atoms with Crippen LogP contribution < -0.4 is 10.2 Å². The van der Waals surface area contributed by atoms with Gasteiger partial charge in [-0.2, -0.15) is 9.61 Å². The van der Waals surface area contributed by atoms with Crippen LogP contribution in [0.1, 0.15) is 15.9 Å². The summed E-state index contributed by atoms with van der Waals surface area (Å²) in [7, 11) is 2.13. The van der Waals surface area contributed by atoms with Gasteiger partial charge in [0.05, 0.1) is 11.9 Å². The standard InChI is InChI=1S/C25H26N6O2/c1-29-11-13-30(14-12-29)22-10-6-5-9-19(22)16-26-25(33)20-17-27-31-23(32)15-21(28-24(20)31)18-7-3-2-4-8-18/h2-10,15,17,32H,11-14,16H2,1H3,(H,26,33). The van der Waals surface area contributed by atoms with Gasteiger partial charge in [0.1, 0.15) is 5.56 Å². The number of benzene rings is 2. The molecule has 2 aromatic heterocycles. The number of hydrogen-bond donors (Lipinski definition) is 2. The molecular weight excluding hydrogens is 416 g/mol. The van der Waals surface area contributed by atoms with E-state index >= 15 is 0 Å². The monoisotopic (exact) mass is 442 g/mol. The van der Waals surface area contributed by atoms with Gasteiger partial charge in [-0.05, 0) is 18.7 Å². The molecular formula is C25H26N6O2. The van der Waals surface area contributed by atoms with Gasteiger partial charge in [0.2, 0.25) is 5.88 Å². The van der Waals surface area contributed by atoms with Crippen molar-refractivity contribution in [2.45, 2.75) is 6.54 Å². The molecule has 0 spiro atoms. The molecule has 2 N–H and O–H groups in total. The van der Waals surface area contributed by atoms with Gasteiger partial charge >= 0.3 is 0 Å². The first-order valence-electron chi connectivity index (χ1n) is 11.0. The molecule has 33 heavy (non-hydrogen) atoms. The summed E-state index contributed by atoms with van der Waals surface area (Å²) in [5.41, 5.74) is 4.28. The maximum Gasteiger partial charge on any atom is 0.257 e. The first-order chi connectivity index (χ1) is 16.1. The first kappa shape index (κ1) is 21.0. The van der Waals surface area contributed by atoms with Crippen molar-refractivity contribution in [3.8, 4) is 17.1 Å². The molecule has 2 aromatic carbocycles. The van der Waals surface area contributed by atoms with Crippen molar-refractivity contribution in [2.24, 2.45) is 0 Å². The fraction of sp³-hybridized carbons (Fsp3) is 0.240. The summed E-state index contributed by atoms with van der Waals surface area (Å²) < 4.78 is 1.28. The van der Waals surface area contributed by atoms with E-state index in [0.717, 1.165) is 43.0 Å². The molecule has 1 aliphatic heterocycles. The number of piperazine rings is 1. The van der Waals surface area contributed by atoms with E-state index in [-0.39, 0.29) is 11.8 Å². The molecule has 1 amide bonds. The lowest BCUT2D eigenvalue weighted by atomic mass is 10.1. The average molecular weight is 443 g/mol. The van der Waals surface area contributed by atoms with Gasteiger partial charge in [-0.15, -0.1) is 0 Å². The summed E-state index contributed by atoms with van der Waals surface area (Å²) in [5.74, 6) is -0.353. The first-order valence-corrected chi connectivity index (χ1v) is 11.0. The number of carbonyl (C=O) groups is 1. The molecule has 5 rings (SSSR count). The van der Waals surface area contributed by atoms with Gasteiger partial charge in [0.25, 0.3) is 5.91 Å². The zero-order valence-electron chi connectivity index (χ0n) is 18.5. The minimum atomic E-state index is -0.282. The molecule has 0 aliphatic carbocycles. The van der Waals surface area contributed by atoms with E-state index in [1.54, 1.807) is 6.07 Å². The highest BCUT2D eigenvalue weighted by molar-refractivity contribution is 6.00. The van der Waals surface area contributed by atoms with E-state index in [2.05, 4.69) is 38.3 Å². The molecule has 8 heteroatoms. The Morgan fingerprint density at radius 2 is 1.76 bits per heavy atom. The second kappa shape index (κ2) is 8.91. The number of anilines is 1. The number of fused-ring (bicyclic) bond motifs is 1. The van der Waals surface area contributed by atoms with Crippen LogP contribution in [0.25, 0.3) is 16.9 Å². The lowest BCUT2D eigenvalue weighted by Crippen LogP contribution is -2.45. The Kier molecular flexibility index (Phi) is 5.66. The van der Waals surface area contributed by atoms with E-state index in [0.29, 0.717) is 23.4 Å². The van der Waals surface area contributed by atoms with Crippen molar-refractivity contribution < 1.29 is 9.90 Å². The van der Waals surface area contributed by atoms with E-state index in [1.807, 2.05) is 48.5 Å². The molecule has 0 saturated carbocycles. The molecule has 4 aromatic rings. The van der Waals surface area contributed by atoms with Crippen LogP contribution >= 0.6 is 0 Å². The number of para-hydroxylation sites is 1. The number of nitrogens with one attached hydrogen (secondary N) is 1. The Hall–Kier alpha value is -3.91. The normalized spacial score (nSPS) is 14.5. The lowest BCUT2D eigenvalue weighted by Gasteiger charge is -2.35. The van der Waals surface area contributed by atoms with Gasteiger partial charge < -0.3 is 20.2 Å². The zero-order valence-corrected chi connectivity index (χ0v) is 18.5. The van der Waals surface area contributed by atoms with Crippen LogP contribution in [0.2, 0.25) is 0 Å². The topological polar surface area (TPSA) is 86.0 Å². The van der Waals surface area contributed by atoms with Crippen molar-refractivity contribution in [1.82, 2.24) is 24.8 Å². The number of hydrogen-bond acceptors (Lipinski definition) is 6. The van der Waals surface area contributed by atoms with E-state index in [9.17, 15) is 9.90 Å². The maximum absolute atomic E-state index is 13.1. The third-order valence-electron chi connectivity index (χ3n) is 6.04.